The first-order valence-electron chi connectivity index (χ1n) is 6.61. The number of piperidine rings is 1. The molecule has 1 aliphatic heterocycles. The summed E-state index contributed by atoms with van der Waals surface area (Å²) in [5.74, 6) is 6.15. The first kappa shape index (κ1) is 13.5. The van der Waals surface area contributed by atoms with Crippen molar-refractivity contribution in [2.24, 2.45) is 0 Å². The van der Waals surface area contributed by atoms with Crippen LogP contribution in [0.2, 0.25) is 0 Å². The van der Waals surface area contributed by atoms with Crippen molar-refractivity contribution in [3.05, 3.63) is 0 Å². The van der Waals surface area contributed by atoms with Crippen molar-refractivity contribution in [2.75, 3.05) is 19.6 Å². The fraction of sp³-hybridized carbons (Fsp3) is 0.857. The molecule has 0 saturated carbocycles. The van der Waals surface area contributed by atoms with Crippen LogP contribution in [0.3, 0.4) is 0 Å². The number of likely N-dealkylation sites (tertiary alicyclic amines) is 1. The lowest BCUT2D eigenvalue weighted by Gasteiger charge is -2.36. The fourth-order valence-electron chi connectivity index (χ4n) is 2.28. The van der Waals surface area contributed by atoms with E-state index in [9.17, 15) is 0 Å². The Morgan fingerprint density at radius 3 is 2.88 bits per heavy atom. The van der Waals surface area contributed by atoms with E-state index in [4.69, 9.17) is 0 Å². The molecule has 1 rings (SSSR count). The van der Waals surface area contributed by atoms with Gasteiger partial charge in [-0.3, -0.25) is 4.90 Å². The van der Waals surface area contributed by atoms with Gasteiger partial charge < -0.3 is 5.32 Å². The van der Waals surface area contributed by atoms with Gasteiger partial charge in [0, 0.05) is 31.6 Å². The zero-order chi connectivity index (χ0) is 11.8. The van der Waals surface area contributed by atoms with Gasteiger partial charge >= 0.3 is 0 Å². The third kappa shape index (κ3) is 5.01. The van der Waals surface area contributed by atoms with Crippen LogP contribution in [0.25, 0.3) is 0 Å². The maximum Gasteiger partial charge on any atom is 0.0221 e. The Hall–Kier alpha value is -0.520. The van der Waals surface area contributed by atoms with Gasteiger partial charge in [0.15, 0.2) is 0 Å². The molecule has 0 radical (unpaired) electrons. The number of hydrogen-bond acceptors (Lipinski definition) is 2. The summed E-state index contributed by atoms with van der Waals surface area (Å²) >= 11 is 0. The van der Waals surface area contributed by atoms with Gasteiger partial charge in [-0.2, -0.15) is 0 Å². The van der Waals surface area contributed by atoms with Crippen molar-refractivity contribution in [2.45, 2.75) is 58.5 Å². The highest BCUT2D eigenvalue weighted by atomic mass is 15.2. The molecule has 0 spiro atoms. The van der Waals surface area contributed by atoms with E-state index in [0.717, 1.165) is 25.6 Å². The van der Waals surface area contributed by atoms with Crippen molar-refractivity contribution in [1.29, 1.82) is 0 Å². The van der Waals surface area contributed by atoms with E-state index in [1.54, 1.807) is 0 Å². The Morgan fingerprint density at radius 1 is 1.38 bits per heavy atom. The Labute approximate surface area is 101 Å². The summed E-state index contributed by atoms with van der Waals surface area (Å²) in [5, 5.41) is 3.56. The topological polar surface area (TPSA) is 15.3 Å². The molecule has 1 saturated heterocycles. The quantitative estimate of drug-likeness (QED) is 0.718. The third-order valence-corrected chi connectivity index (χ3v) is 3.21. The van der Waals surface area contributed by atoms with E-state index in [-0.39, 0.29) is 0 Å². The Bertz CT molecular complexity index is 237. The summed E-state index contributed by atoms with van der Waals surface area (Å²) in [4.78, 5) is 2.61. The fourth-order valence-corrected chi connectivity index (χ4v) is 2.28. The molecular weight excluding hydrogens is 196 g/mol. The summed E-state index contributed by atoms with van der Waals surface area (Å²) in [6.45, 7) is 9.90. The van der Waals surface area contributed by atoms with Crippen molar-refractivity contribution in [3.8, 4) is 11.8 Å². The van der Waals surface area contributed by atoms with Gasteiger partial charge in [-0.1, -0.05) is 20.3 Å². The second kappa shape index (κ2) is 7.70. The second-order valence-electron chi connectivity index (χ2n) is 4.93. The van der Waals surface area contributed by atoms with Crippen molar-refractivity contribution >= 4 is 0 Å². The third-order valence-electron chi connectivity index (χ3n) is 3.21. The molecule has 1 atom stereocenters. The molecular formula is C14H26N2. The largest absolute Gasteiger partial charge is 0.313 e. The highest BCUT2D eigenvalue weighted by Crippen LogP contribution is 2.16. The Balaban J connectivity index is 2.33. The second-order valence-corrected chi connectivity index (χ2v) is 4.93. The SMILES string of the molecule is CC#CCCN1CCCCC1CNC(C)C. The molecule has 92 valence electrons. The van der Waals surface area contributed by atoms with Gasteiger partial charge in [-0.25, -0.2) is 0 Å². The first-order chi connectivity index (χ1) is 7.74. The van der Waals surface area contributed by atoms with E-state index in [1.165, 1.54) is 25.8 Å². The van der Waals surface area contributed by atoms with Crippen LogP contribution in [0.1, 0.15) is 46.5 Å². The molecule has 0 amide bonds. The normalized spacial score (nSPS) is 21.9. The lowest BCUT2D eigenvalue weighted by molar-refractivity contribution is 0.147. The van der Waals surface area contributed by atoms with E-state index < -0.39 is 0 Å². The molecule has 0 aromatic carbocycles. The van der Waals surface area contributed by atoms with Gasteiger partial charge in [-0.05, 0) is 26.3 Å². The predicted octanol–water partition coefficient (Wildman–Crippen LogP) is 2.25. The molecule has 0 aromatic heterocycles. The van der Waals surface area contributed by atoms with Crippen LogP contribution < -0.4 is 5.32 Å². The number of hydrogen-bond donors (Lipinski definition) is 1. The molecule has 0 aromatic rings. The molecule has 1 N–H and O–H groups in total. The highest BCUT2D eigenvalue weighted by molar-refractivity contribution is 4.96. The molecule has 1 aliphatic rings. The van der Waals surface area contributed by atoms with Gasteiger partial charge in [0.25, 0.3) is 0 Å². The minimum atomic E-state index is 0.596. The Kier molecular flexibility index (Phi) is 6.52. The monoisotopic (exact) mass is 222 g/mol. The summed E-state index contributed by atoms with van der Waals surface area (Å²) in [6.07, 6.45) is 5.12. The summed E-state index contributed by atoms with van der Waals surface area (Å²) < 4.78 is 0. The molecule has 2 heteroatoms. The minimum absolute atomic E-state index is 0.596. The smallest absolute Gasteiger partial charge is 0.0221 e. The van der Waals surface area contributed by atoms with Crippen LogP contribution in [0.15, 0.2) is 0 Å². The van der Waals surface area contributed by atoms with Gasteiger partial charge in [0.05, 0.1) is 0 Å². The molecule has 1 heterocycles. The maximum absolute atomic E-state index is 3.56. The van der Waals surface area contributed by atoms with Crippen LogP contribution in [-0.2, 0) is 0 Å². The lowest BCUT2D eigenvalue weighted by Crippen LogP contribution is -2.47. The zero-order valence-corrected chi connectivity index (χ0v) is 11.1. The van der Waals surface area contributed by atoms with Crippen molar-refractivity contribution < 1.29 is 0 Å². The molecule has 0 bridgehead atoms. The number of rotatable bonds is 5. The van der Waals surface area contributed by atoms with Crippen LogP contribution in [0.5, 0.6) is 0 Å². The van der Waals surface area contributed by atoms with E-state index in [0.29, 0.717) is 6.04 Å². The Morgan fingerprint density at radius 2 is 2.19 bits per heavy atom. The van der Waals surface area contributed by atoms with Crippen LogP contribution >= 0.6 is 0 Å². The lowest BCUT2D eigenvalue weighted by atomic mass is 10.0. The molecule has 1 fully saturated rings. The maximum atomic E-state index is 3.56. The average molecular weight is 222 g/mol. The van der Waals surface area contributed by atoms with Gasteiger partial charge in [0.2, 0.25) is 0 Å². The van der Waals surface area contributed by atoms with Crippen molar-refractivity contribution in [1.82, 2.24) is 10.2 Å². The molecule has 1 unspecified atom stereocenters. The molecule has 16 heavy (non-hydrogen) atoms. The standard InChI is InChI=1S/C14H26N2/c1-4-5-7-10-16-11-8-6-9-14(16)12-15-13(2)3/h13-15H,6-12H2,1-3H3. The minimum Gasteiger partial charge on any atom is -0.313 e. The highest BCUT2D eigenvalue weighted by Gasteiger charge is 2.21. The van der Waals surface area contributed by atoms with E-state index in [1.807, 2.05) is 6.92 Å². The summed E-state index contributed by atoms with van der Waals surface area (Å²) in [7, 11) is 0. The van der Waals surface area contributed by atoms with Crippen molar-refractivity contribution in [3.63, 3.8) is 0 Å². The van der Waals surface area contributed by atoms with E-state index in [2.05, 4.69) is 35.9 Å². The van der Waals surface area contributed by atoms with E-state index >= 15 is 0 Å². The molecule has 0 aliphatic carbocycles. The average Bonchev–Trinajstić information content (AvgIpc) is 2.28. The molecule has 2 nitrogen and oxygen atoms in total. The summed E-state index contributed by atoms with van der Waals surface area (Å²) in [6, 6.07) is 1.33. The summed E-state index contributed by atoms with van der Waals surface area (Å²) in [5.41, 5.74) is 0. The van der Waals surface area contributed by atoms with Gasteiger partial charge in [-0.15, -0.1) is 11.8 Å². The van der Waals surface area contributed by atoms with Crippen LogP contribution in [0, 0.1) is 11.8 Å². The first-order valence-corrected chi connectivity index (χ1v) is 6.61. The van der Waals surface area contributed by atoms with Crippen LogP contribution in [-0.4, -0.2) is 36.6 Å². The zero-order valence-electron chi connectivity index (χ0n) is 11.1. The van der Waals surface area contributed by atoms with Crippen LogP contribution in [0.4, 0.5) is 0 Å². The number of nitrogens with one attached hydrogen (secondary N) is 1. The predicted molar refractivity (Wildman–Crippen MR) is 70.4 cm³/mol. The van der Waals surface area contributed by atoms with Gasteiger partial charge in [0.1, 0.15) is 0 Å². The number of nitrogens with zero attached hydrogens (tertiary/aromatic N) is 1.